The van der Waals surface area contributed by atoms with Crippen molar-refractivity contribution in [2.45, 2.75) is 31.8 Å². The summed E-state index contributed by atoms with van der Waals surface area (Å²) >= 11 is 1.70. The molecule has 2 aliphatic heterocycles. The molecule has 0 saturated carbocycles. The predicted molar refractivity (Wildman–Crippen MR) is 110 cm³/mol. The molecule has 0 aliphatic carbocycles. The van der Waals surface area contributed by atoms with Gasteiger partial charge in [-0.25, -0.2) is 0 Å². The summed E-state index contributed by atoms with van der Waals surface area (Å²) in [4.78, 5) is 28.8. The molecule has 4 rings (SSSR count). The second kappa shape index (κ2) is 8.05. The van der Waals surface area contributed by atoms with Crippen LogP contribution in [0.1, 0.15) is 24.8 Å². The summed E-state index contributed by atoms with van der Waals surface area (Å²) in [5.74, 6) is 0.0472. The van der Waals surface area contributed by atoms with Gasteiger partial charge in [0.05, 0.1) is 5.41 Å². The second-order valence-corrected chi connectivity index (χ2v) is 8.63. The van der Waals surface area contributed by atoms with Gasteiger partial charge in [-0.05, 0) is 48.3 Å². The number of benzene rings is 1. The number of thiophene rings is 1. The van der Waals surface area contributed by atoms with Crippen molar-refractivity contribution in [1.29, 1.82) is 0 Å². The fraction of sp³-hybridized carbons (Fsp3) is 0.455. The van der Waals surface area contributed by atoms with E-state index in [4.69, 9.17) is 4.74 Å². The average Bonchev–Trinajstić information content (AvgIpc) is 3.49. The Labute approximate surface area is 169 Å². The molecule has 3 heterocycles. The van der Waals surface area contributed by atoms with Crippen molar-refractivity contribution in [2.24, 2.45) is 5.41 Å². The van der Waals surface area contributed by atoms with Crippen LogP contribution in [-0.4, -0.2) is 49.6 Å². The van der Waals surface area contributed by atoms with E-state index in [0.717, 1.165) is 18.4 Å². The van der Waals surface area contributed by atoms with Gasteiger partial charge in [-0.15, -0.1) is 11.3 Å². The SMILES string of the molecule is CNC(=O)[C@]1(Cc2ccccc2-c2cccs2)CCN(C(=O)[C@H]2CCCO2)C1. The highest BCUT2D eigenvalue weighted by Crippen LogP contribution is 2.39. The Bertz CT molecular complexity index is 845. The molecule has 2 amide bonds. The summed E-state index contributed by atoms with van der Waals surface area (Å²) < 4.78 is 5.58. The zero-order chi connectivity index (χ0) is 19.6. The summed E-state index contributed by atoms with van der Waals surface area (Å²) in [5.41, 5.74) is 1.72. The summed E-state index contributed by atoms with van der Waals surface area (Å²) in [6.45, 7) is 1.70. The number of carbonyl (C=O) groups excluding carboxylic acids is 2. The van der Waals surface area contributed by atoms with Crippen molar-refractivity contribution in [2.75, 3.05) is 26.7 Å². The minimum atomic E-state index is -0.601. The van der Waals surface area contributed by atoms with Gasteiger partial charge in [0.25, 0.3) is 5.91 Å². The molecule has 2 aliphatic rings. The van der Waals surface area contributed by atoms with Crippen LogP contribution < -0.4 is 5.32 Å². The van der Waals surface area contributed by atoms with Gasteiger partial charge >= 0.3 is 0 Å². The molecule has 0 spiro atoms. The molecule has 2 fully saturated rings. The van der Waals surface area contributed by atoms with E-state index in [9.17, 15) is 9.59 Å². The monoisotopic (exact) mass is 398 g/mol. The number of hydrogen-bond donors (Lipinski definition) is 1. The molecule has 148 valence electrons. The van der Waals surface area contributed by atoms with Crippen LogP contribution in [0.5, 0.6) is 0 Å². The van der Waals surface area contributed by atoms with Gasteiger partial charge < -0.3 is 15.0 Å². The number of amides is 2. The Morgan fingerprint density at radius 2 is 2.14 bits per heavy atom. The molecule has 1 aromatic carbocycles. The predicted octanol–water partition coefficient (Wildman–Crippen LogP) is 3.10. The van der Waals surface area contributed by atoms with Crippen molar-refractivity contribution in [3.63, 3.8) is 0 Å². The Hall–Kier alpha value is -2.18. The molecular weight excluding hydrogens is 372 g/mol. The standard InChI is InChI=1S/C22H26N2O3S/c1-23-21(26)22(10-11-24(15-22)20(25)18-8-4-12-27-18)14-16-6-2-3-7-17(16)19-9-5-13-28-19/h2-3,5-7,9,13,18H,4,8,10-12,14-15H2,1H3,(H,23,26)/t18-,22+/m1/s1. The Kier molecular flexibility index (Phi) is 5.51. The maximum atomic E-state index is 12.9. The number of likely N-dealkylation sites (tertiary alicyclic amines) is 1. The average molecular weight is 399 g/mol. The van der Waals surface area contributed by atoms with Crippen LogP contribution in [0.2, 0.25) is 0 Å². The summed E-state index contributed by atoms with van der Waals surface area (Å²) in [5, 5.41) is 4.91. The molecule has 0 unspecified atom stereocenters. The molecule has 0 radical (unpaired) electrons. The topological polar surface area (TPSA) is 58.6 Å². The van der Waals surface area contributed by atoms with Crippen molar-refractivity contribution >= 4 is 23.2 Å². The number of hydrogen-bond acceptors (Lipinski definition) is 4. The molecule has 1 aromatic heterocycles. The lowest BCUT2D eigenvalue weighted by Gasteiger charge is -2.29. The van der Waals surface area contributed by atoms with E-state index in [1.807, 2.05) is 23.1 Å². The molecule has 1 N–H and O–H groups in total. The van der Waals surface area contributed by atoms with Gasteiger partial charge in [-0.2, -0.15) is 0 Å². The number of rotatable bonds is 5. The third-order valence-corrected chi connectivity index (χ3v) is 6.82. The van der Waals surface area contributed by atoms with Gasteiger partial charge in [0, 0.05) is 31.6 Å². The molecule has 0 bridgehead atoms. The number of nitrogens with one attached hydrogen (secondary N) is 1. The molecule has 28 heavy (non-hydrogen) atoms. The van der Waals surface area contributed by atoms with Gasteiger partial charge in [0.15, 0.2) is 0 Å². The zero-order valence-electron chi connectivity index (χ0n) is 16.1. The molecular formula is C22H26N2O3S. The van der Waals surface area contributed by atoms with Crippen LogP contribution in [0.4, 0.5) is 0 Å². The maximum Gasteiger partial charge on any atom is 0.251 e. The van der Waals surface area contributed by atoms with Gasteiger partial charge in [0.2, 0.25) is 5.91 Å². The van der Waals surface area contributed by atoms with Crippen molar-refractivity contribution < 1.29 is 14.3 Å². The van der Waals surface area contributed by atoms with Crippen LogP contribution in [0.25, 0.3) is 10.4 Å². The fourth-order valence-electron chi connectivity index (χ4n) is 4.42. The molecule has 2 atom stereocenters. The first-order chi connectivity index (χ1) is 13.6. The summed E-state index contributed by atoms with van der Waals surface area (Å²) in [6.07, 6.45) is 2.67. The molecule has 2 saturated heterocycles. The van der Waals surface area contributed by atoms with E-state index in [2.05, 4.69) is 28.9 Å². The third-order valence-electron chi connectivity index (χ3n) is 5.91. The van der Waals surface area contributed by atoms with E-state index in [0.29, 0.717) is 32.5 Å². The highest BCUT2D eigenvalue weighted by molar-refractivity contribution is 7.13. The largest absolute Gasteiger partial charge is 0.368 e. The first kappa shape index (κ1) is 19.2. The lowest BCUT2D eigenvalue weighted by Crippen LogP contribution is -2.45. The Balaban J connectivity index is 1.60. The van der Waals surface area contributed by atoms with Gasteiger partial charge in [-0.1, -0.05) is 30.3 Å². The Morgan fingerprint density at radius 1 is 1.29 bits per heavy atom. The van der Waals surface area contributed by atoms with Crippen LogP contribution in [0, 0.1) is 5.41 Å². The Morgan fingerprint density at radius 3 is 2.86 bits per heavy atom. The summed E-state index contributed by atoms with van der Waals surface area (Å²) in [7, 11) is 1.68. The quantitative estimate of drug-likeness (QED) is 0.842. The number of nitrogens with zero attached hydrogens (tertiary/aromatic N) is 1. The number of carbonyl (C=O) groups is 2. The van der Waals surface area contributed by atoms with E-state index >= 15 is 0 Å². The van der Waals surface area contributed by atoms with Crippen LogP contribution in [0.15, 0.2) is 41.8 Å². The van der Waals surface area contributed by atoms with Crippen molar-refractivity contribution in [1.82, 2.24) is 10.2 Å². The molecule has 6 heteroatoms. The van der Waals surface area contributed by atoms with Crippen molar-refractivity contribution in [3.05, 3.63) is 47.3 Å². The van der Waals surface area contributed by atoms with Crippen LogP contribution >= 0.6 is 11.3 Å². The van der Waals surface area contributed by atoms with E-state index in [-0.39, 0.29) is 17.9 Å². The van der Waals surface area contributed by atoms with Crippen molar-refractivity contribution in [3.8, 4) is 10.4 Å². The van der Waals surface area contributed by atoms with Gasteiger partial charge in [-0.3, -0.25) is 9.59 Å². The second-order valence-electron chi connectivity index (χ2n) is 7.68. The zero-order valence-corrected chi connectivity index (χ0v) is 17.0. The number of ether oxygens (including phenoxy) is 1. The molecule has 2 aromatic rings. The third kappa shape index (κ3) is 3.59. The molecule has 5 nitrogen and oxygen atoms in total. The highest BCUT2D eigenvalue weighted by Gasteiger charge is 2.47. The minimum Gasteiger partial charge on any atom is -0.368 e. The van der Waals surface area contributed by atoms with E-state index in [1.54, 1.807) is 18.4 Å². The van der Waals surface area contributed by atoms with Crippen LogP contribution in [-0.2, 0) is 20.7 Å². The normalized spacial score (nSPS) is 24.5. The fourth-order valence-corrected chi connectivity index (χ4v) is 5.21. The lowest BCUT2D eigenvalue weighted by atomic mass is 9.78. The van der Waals surface area contributed by atoms with E-state index in [1.165, 1.54) is 10.4 Å². The van der Waals surface area contributed by atoms with E-state index < -0.39 is 5.41 Å². The maximum absolute atomic E-state index is 12.9. The minimum absolute atomic E-state index is 0.0103. The first-order valence-corrected chi connectivity index (χ1v) is 10.8. The van der Waals surface area contributed by atoms with Gasteiger partial charge in [0.1, 0.15) is 6.10 Å². The highest BCUT2D eigenvalue weighted by atomic mass is 32.1. The van der Waals surface area contributed by atoms with Crippen LogP contribution in [0.3, 0.4) is 0 Å². The lowest BCUT2D eigenvalue weighted by molar-refractivity contribution is -0.140. The first-order valence-electron chi connectivity index (χ1n) is 9.87. The smallest absolute Gasteiger partial charge is 0.251 e. The summed E-state index contributed by atoms with van der Waals surface area (Å²) in [6, 6.07) is 12.4.